The monoisotopic (exact) mass is 384 g/mol. The highest BCUT2D eigenvalue weighted by Crippen LogP contribution is 2.44. The Morgan fingerprint density at radius 1 is 1.10 bits per heavy atom. The summed E-state index contributed by atoms with van der Waals surface area (Å²) in [5.74, 6) is 0.0458. The van der Waals surface area contributed by atoms with Crippen LogP contribution in [0.3, 0.4) is 0 Å². The quantitative estimate of drug-likeness (QED) is 0.546. The first-order chi connectivity index (χ1) is 14.0. The molecule has 2 aromatic rings. The van der Waals surface area contributed by atoms with Crippen LogP contribution in [0.5, 0.6) is 0 Å². The lowest BCUT2D eigenvalue weighted by Crippen LogP contribution is -2.30. The van der Waals surface area contributed by atoms with Crippen LogP contribution in [0.25, 0.3) is 0 Å². The minimum atomic E-state index is -0.209. The van der Waals surface area contributed by atoms with Gasteiger partial charge in [-0.2, -0.15) is 5.26 Å². The van der Waals surface area contributed by atoms with E-state index in [1.165, 1.54) is 10.5 Å². The van der Waals surface area contributed by atoms with Gasteiger partial charge in [0, 0.05) is 6.54 Å². The molecule has 2 aliphatic rings. The molecular formula is C25H24N2O2. The molecule has 2 unspecified atom stereocenters. The highest BCUT2D eigenvalue weighted by atomic mass is 16.2. The lowest BCUT2D eigenvalue weighted by molar-refractivity contribution is 0.0671. The first-order valence-corrected chi connectivity index (χ1v) is 10.1. The number of imide groups is 1. The number of hydrogen-bond acceptors (Lipinski definition) is 3. The third-order valence-corrected chi connectivity index (χ3v) is 6.21. The SMILES string of the molecule is CC1(/C=C/CN2C(=O)c3ccccc3C2=O)CCCC(c2ccc(C#N)cc2)C1. The third-order valence-electron chi connectivity index (χ3n) is 6.21. The van der Waals surface area contributed by atoms with E-state index in [1.54, 1.807) is 24.3 Å². The average Bonchev–Trinajstić information content (AvgIpc) is 2.99. The van der Waals surface area contributed by atoms with Crippen LogP contribution in [0, 0.1) is 16.7 Å². The molecule has 1 saturated carbocycles. The van der Waals surface area contributed by atoms with E-state index >= 15 is 0 Å². The molecule has 146 valence electrons. The van der Waals surface area contributed by atoms with Crippen LogP contribution < -0.4 is 0 Å². The van der Waals surface area contributed by atoms with Crippen molar-refractivity contribution in [3.05, 3.63) is 82.9 Å². The first kappa shape index (κ1) is 19.1. The van der Waals surface area contributed by atoms with Crippen molar-refractivity contribution >= 4 is 11.8 Å². The predicted octanol–water partition coefficient (Wildman–Crippen LogP) is 5.07. The van der Waals surface area contributed by atoms with Gasteiger partial charge in [0.05, 0.1) is 22.8 Å². The number of amides is 2. The standard InChI is InChI=1S/C25H24N2O2/c1-25(13-4-6-20(16-25)19-11-9-18(17-26)10-12-19)14-5-15-27-23(28)21-7-2-3-8-22(21)24(27)29/h2-3,5,7-12,14,20H,4,6,13,15-16H2,1H3/b14-5+. The number of nitrogens with zero attached hydrogens (tertiary/aromatic N) is 2. The molecular weight excluding hydrogens is 360 g/mol. The second-order valence-electron chi connectivity index (χ2n) is 8.35. The molecule has 4 nitrogen and oxygen atoms in total. The molecule has 1 aliphatic heterocycles. The second-order valence-corrected chi connectivity index (χ2v) is 8.35. The van der Waals surface area contributed by atoms with Gasteiger partial charge in [-0.3, -0.25) is 14.5 Å². The molecule has 4 heteroatoms. The molecule has 0 radical (unpaired) electrons. The van der Waals surface area contributed by atoms with Gasteiger partial charge in [0.25, 0.3) is 11.8 Å². The van der Waals surface area contributed by atoms with E-state index < -0.39 is 0 Å². The Kier molecular flexibility index (Phi) is 5.07. The Bertz CT molecular complexity index is 981. The maximum atomic E-state index is 12.5. The summed E-state index contributed by atoms with van der Waals surface area (Å²) in [5.41, 5.74) is 3.00. The number of fused-ring (bicyclic) bond motifs is 1. The number of benzene rings is 2. The molecule has 1 fully saturated rings. The maximum Gasteiger partial charge on any atom is 0.261 e. The molecule has 0 bridgehead atoms. The molecule has 1 aliphatic carbocycles. The van der Waals surface area contributed by atoms with E-state index in [1.807, 2.05) is 18.2 Å². The number of carbonyl (C=O) groups is 2. The molecule has 4 rings (SSSR count). The van der Waals surface area contributed by atoms with Gasteiger partial charge in [-0.15, -0.1) is 0 Å². The Morgan fingerprint density at radius 2 is 1.76 bits per heavy atom. The van der Waals surface area contributed by atoms with Crippen molar-refractivity contribution in [1.82, 2.24) is 4.90 Å². The molecule has 0 N–H and O–H groups in total. The van der Waals surface area contributed by atoms with Crippen LogP contribution in [0.2, 0.25) is 0 Å². The van der Waals surface area contributed by atoms with Crippen molar-refractivity contribution in [2.75, 3.05) is 6.54 Å². The van der Waals surface area contributed by atoms with Crippen molar-refractivity contribution in [3.63, 3.8) is 0 Å². The molecule has 1 heterocycles. The Morgan fingerprint density at radius 3 is 2.38 bits per heavy atom. The van der Waals surface area contributed by atoms with Gasteiger partial charge in [-0.25, -0.2) is 0 Å². The number of nitriles is 1. The third kappa shape index (κ3) is 3.73. The van der Waals surface area contributed by atoms with Gasteiger partial charge in [0.2, 0.25) is 0 Å². The smallest absolute Gasteiger partial charge is 0.261 e. The molecule has 2 atom stereocenters. The number of allylic oxidation sites excluding steroid dienone is 1. The molecule has 0 spiro atoms. The van der Waals surface area contributed by atoms with Crippen molar-refractivity contribution < 1.29 is 9.59 Å². The normalized spacial score (nSPS) is 24.0. The van der Waals surface area contributed by atoms with Gasteiger partial charge in [0.15, 0.2) is 0 Å². The largest absolute Gasteiger partial charge is 0.270 e. The fraction of sp³-hybridized carbons (Fsp3) is 0.320. The summed E-state index contributed by atoms with van der Waals surface area (Å²) in [6.45, 7) is 2.56. The zero-order valence-corrected chi connectivity index (χ0v) is 16.6. The highest BCUT2D eigenvalue weighted by Gasteiger charge is 2.35. The second kappa shape index (κ2) is 7.67. The van der Waals surface area contributed by atoms with Crippen LogP contribution in [0.1, 0.15) is 70.4 Å². The zero-order chi connectivity index (χ0) is 20.4. The minimum Gasteiger partial charge on any atom is -0.270 e. The Labute approximate surface area is 171 Å². The topological polar surface area (TPSA) is 61.2 Å². The van der Waals surface area contributed by atoms with Gasteiger partial charge in [0.1, 0.15) is 0 Å². The Hall–Kier alpha value is -3.19. The predicted molar refractivity (Wildman–Crippen MR) is 111 cm³/mol. The zero-order valence-electron chi connectivity index (χ0n) is 16.6. The van der Waals surface area contributed by atoms with Gasteiger partial charge >= 0.3 is 0 Å². The van der Waals surface area contributed by atoms with Crippen molar-refractivity contribution in [2.24, 2.45) is 5.41 Å². The van der Waals surface area contributed by atoms with Gasteiger partial charge < -0.3 is 0 Å². The van der Waals surface area contributed by atoms with Gasteiger partial charge in [-0.05, 0) is 60.4 Å². The van der Waals surface area contributed by atoms with Crippen LogP contribution in [-0.2, 0) is 0 Å². The molecule has 29 heavy (non-hydrogen) atoms. The van der Waals surface area contributed by atoms with Crippen LogP contribution in [-0.4, -0.2) is 23.3 Å². The lowest BCUT2D eigenvalue weighted by atomic mass is 9.69. The fourth-order valence-electron chi connectivity index (χ4n) is 4.63. The van der Waals surface area contributed by atoms with Crippen molar-refractivity contribution in [2.45, 2.75) is 38.5 Å². The van der Waals surface area contributed by atoms with E-state index in [2.05, 4.69) is 31.2 Å². The summed E-state index contributed by atoms with van der Waals surface area (Å²) in [7, 11) is 0. The van der Waals surface area contributed by atoms with Gasteiger partial charge in [-0.1, -0.05) is 49.8 Å². The van der Waals surface area contributed by atoms with E-state index in [-0.39, 0.29) is 17.2 Å². The summed E-state index contributed by atoms with van der Waals surface area (Å²) in [6, 6.07) is 17.1. The Balaban J connectivity index is 1.43. The van der Waals surface area contributed by atoms with Crippen molar-refractivity contribution in [3.8, 4) is 6.07 Å². The van der Waals surface area contributed by atoms with Crippen LogP contribution in [0.15, 0.2) is 60.7 Å². The summed E-state index contributed by atoms with van der Waals surface area (Å²) >= 11 is 0. The van der Waals surface area contributed by atoms with E-state index in [4.69, 9.17) is 5.26 Å². The lowest BCUT2D eigenvalue weighted by Gasteiger charge is -2.36. The fourth-order valence-corrected chi connectivity index (χ4v) is 4.63. The highest BCUT2D eigenvalue weighted by molar-refractivity contribution is 6.21. The minimum absolute atomic E-state index is 0.0372. The number of hydrogen-bond donors (Lipinski definition) is 0. The summed E-state index contributed by atoms with van der Waals surface area (Å²) in [4.78, 5) is 26.3. The number of carbonyl (C=O) groups excluding carboxylic acids is 2. The van der Waals surface area contributed by atoms with Crippen LogP contribution in [0.4, 0.5) is 0 Å². The van der Waals surface area contributed by atoms with E-state index in [9.17, 15) is 9.59 Å². The molecule has 2 amide bonds. The average molecular weight is 384 g/mol. The summed E-state index contributed by atoms with van der Waals surface area (Å²) in [6.07, 6.45) is 8.57. The first-order valence-electron chi connectivity index (χ1n) is 10.1. The maximum absolute atomic E-state index is 12.5. The van der Waals surface area contributed by atoms with E-state index in [0.29, 0.717) is 29.2 Å². The number of rotatable bonds is 4. The molecule has 0 aromatic heterocycles. The molecule has 2 aromatic carbocycles. The van der Waals surface area contributed by atoms with Crippen LogP contribution >= 0.6 is 0 Å². The summed E-state index contributed by atoms with van der Waals surface area (Å²) in [5, 5.41) is 8.99. The summed E-state index contributed by atoms with van der Waals surface area (Å²) < 4.78 is 0. The van der Waals surface area contributed by atoms with Crippen molar-refractivity contribution in [1.29, 1.82) is 5.26 Å². The molecule has 0 saturated heterocycles. The van der Waals surface area contributed by atoms with E-state index in [0.717, 1.165) is 25.7 Å².